The predicted octanol–water partition coefficient (Wildman–Crippen LogP) is 2.16. The van der Waals surface area contributed by atoms with Gasteiger partial charge >= 0.3 is 0 Å². The number of hydrogen-bond acceptors (Lipinski definition) is 5. The summed E-state index contributed by atoms with van der Waals surface area (Å²) in [5, 5.41) is 19.7. The van der Waals surface area contributed by atoms with E-state index in [1.54, 1.807) is 6.07 Å². The van der Waals surface area contributed by atoms with Gasteiger partial charge in [0.25, 0.3) is 0 Å². The van der Waals surface area contributed by atoms with Gasteiger partial charge in [-0.15, -0.1) is 0 Å². The third-order valence-corrected chi connectivity index (χ3v) is 3.91. The largest absolute Gasteiger partial charge is 0.508 e. The Labute approximate surface area is 121 Å². The van der Waals surface area contributed by atoms with Crippen LogP contribution in [0.3, 0.4) is 0 Å². The number of benzene rings is 2. The number of ether oxygens (including phenoxy) is 3. The highest BCUT2D eigenvalue weighted by atomic mass is 16.7. The Morgan fingerprint density at radius 2 is 1.81 bits per heavy atom. The second kappa shape index (κ2) is 4.56. The lowest BCUT2D eigenvalue weighted by Crippen LogP contribution is -2.30. The molecule has 5 nitrogen and oxygen atoms in total. The van der Waals surface area contributed by atoms with Crippen LogP contribution in [0.4, 0.5) is 0 Å². The van der Waals surface area contributed by atoms with Gasteiger partial charge in [-0.25, -0.2) is 0 Å². The molecule has 2 heterocycles. The molecule has 2 unspecified atom stereocenters. The molecule has 5 heteroatoms. The number of fused-ring (bicyclic) bond motifs is 2. The van der Waals surface area contributed by atoms with E-state index in [4.69, 9.17) is 14.2 Å². The molecule has 0 saturated heterocycles. The molecule has 0 radical (unpaired) electrons. The summed E-state index contributed by atoms with van der Waals surface area (Å²) in [6.07, 6.45) is -0.323. The molecule has 21 heavy (non-hydrogen) atoms. The minimum Gasteiger partial charge on any atom is -0.508 e. The van der Waals surface area contributed by atoms with Crippen molar-refractivity contribution in [3.63, 3.8) is 0 Å². The van der Waals surface area contributed by atoms with E-state index < -0.39 is 6.29 Å². The molecule has 0 saturated carbocycles. The van der Waals surface area contributed by atoms with Gasteiger partial charge in [0.1, 0.15) is 11.5 Å². The zero-order valence-corrected chi connectivity index (χ0v) is 11.2. The van der Waals surface area contributed by atoms with Crippen LogP contribution in [0.15, 0.2) is 36.4 Å². The van der Waals surface area contributed by atoms with E-state index in [-0.39, 0.29) is 18.5 Å². The minimum absolute atomic E-state index is 0.127. The highest BCUT2D eigenvalue weighted by molar-refractivity contribution is 5.48. The quantitative estimate of drug-likeness (QED) is 0.841. The highest BCUT2D eigenvalue weighted by Crippen LogP contribution is 2.40. The van der Waals surface area contributed by atoms with E-state index in [1.807, 2.05) is 24.3 Å². The first kappa shape index (κ1) is 12.3. The first-order valence-electron chi connectivity index (χ1n) is 6.77. The molecule has 0 amide bonds. The summed E-state index contributed by atoms with van der Waals surface area (Å²) < 4.78 is 16.2. The molecule has 0 aliphatic carbocycles. The summed E-state index contributed by atoms with van der Waals surface area (Å²) >= 11 is 0. The van der Waals surface area contributed by atoms with Crippen molar-refractivity contribution in [2.45, 2.75) is 18.6 Å². The third-order valence-electron chi connectivity index (χ3n) is 3.91. The molecule has 2 aromatic carbocycles. The summed E-state index contributed by atoms with van der Waals surface area (Å²) in [7, 11) is 0. The Morgan fingerprint density at radius 3 is 2.71 bits per heavy atom. The van der Waals surface area contributed by atoms with Crippen LogP contribution >= 0.6 is 0 Å². The van der Waals surface area contributed by atoms with E-state index >= 15 is 0 Å². The molecule has 2 aliphatic rings. The Hall–Kier alpha value is -2.40. The average Bonchev–Trinajstić information content (AvgIpc) is 2.93. The zero-order valence-electron chi connectivity index (χ0n) is 11.2. The van der Waals surface area contributed by atoms with Crippen LogP contribution in [-0.4, -0.2) is 23.3 Å². The fraction of sp³-hybridized carbons (Fsp3) is 0.250. The van der Waals surface area contributed by atoms with Crippen molar-refractivity contribution in [1.82, 2.24) is 0 Å². The van der Waals surface area contributed by atoms with Gasteiger partial charge in [-0.1, -0.05) is 12.1 Å². The lowest BCUT2D eigenvalue weighted by Gasteiger charge is -2.30. The van der Waals surface area contributed by atoms with Gasteiger partial charge in [0, 0.05) is 6.07 Å². The Balaban J connectivity index is 1.68. The molecule has 2 aliphatic heterocycles. The summed E-state index contributed by atoms with van der Waals surface area (Å²) in [4.78, 5) is 0. The van der Waals surface area contributed by atoms with E-state index in [2.05, 4.69) is 0 Å². The van der Waals surface area contributed by atoms with E-state index in [0.717, 1.165) is 16.9 Å². The monoisotopic (exact) mass is 286 g/mol. The Morgan fingerprint density at radius 1 is 0.952 bits per heavy atom. The lowest BCUT2D eigenvalue weighted by atomic mass is 9.89. The smallest absolute Gasteiger partial charge is 0.231 e. The van der Waals surface area contributed by atoms with Gasteiger partial charge in [-0.2, -0.15) is 0 Å². The van der Waals surface area contributed by atoms with E-state index in [9.17, 15) is 10.2 Å². The van der Waals surface area contributed by atoms with Crippen LogP contribution in [0.5, 0.6) is 23.0 Å². The van der Waals surface area contributed by atoms with Crippen molar-refractivity contribution in [1.29, 1.82) is 0 Å². The summed E-state index contributed by atoms with van der Waals surface area (Å²) in [5.41, 5.74) is 1.89. The van der Waals surface area contributed by atoms with Gasteiger partial charge in [0.05, 0.1) is 5.92 Å². The van der Waals surface area contributed by atoms with Crippen molar-refractivity contribution in [2.75, 3.05) is 6.79 Å². The topological polar surface area (TPSA) is 68.2 Å². The average molecular weight is 286 g/mol. The SMILES string of the molecule is Oc1ccc2c(c1)OC(O)C(c1ccc3c(c1)OCO3)C2. The predicted molar refractivity (Wildman–Crippen MR) is 73.8 cm³/mol. The highest BCUT2D eigenvalue weighted by Gasteiger charge is 2.31. The maximum absolute atomic E-state index is 10.2. The first-order valence-corrected chi connectivity index (χ1v) is 6.77. The number of phenols is 1. The summed E-state index contributed by atoms with van der Waals surface area (Å²) in [6.45, 7) is 0.227. The Kier molecular flexibility index (Phi) is 2.68. The van der Waals surface area contributed by atoms with Crippen molar-refractivity contribution in [3.05, 3.63) is 47.5 Å². The third kappa shape index (κ3) is 2.06. The van der Waals surface area contributed by atoms with Crippen molar-refractivity contribution >= 4 is 0 Å². The standard InChI is InChI=1S/C16H14O5/c17-11-3-1-10-5-12(16(18)21-14(10)7-11)9-2-4-13-15(6-9)20-8-19-13/h1-4,6-7,12,16-18H,5,8H2. The Bertz CT molecular complexity index is 697. The molecule has 0 fully saturated rings. The number of hydrogen-bond donors (Lipinski definition) is 2. The number of phenolic OH excluding ortho intramolecular Hbond substituents is 1. The maximum Gasteiger partial charge on any atom is 0.231 e. The molecule has 0 aromatic heterocycles. The fourth-order valence-electron chi connectivity index (χ4n) is 2.80. The van der Waals surface area contributed by atoms with Crippen LogP contribution in [0.2, 0.25) is 0 Å². The second-order valence-corrected chi connectivity index (χ2v) is 5.22. The first-order chi connectivity index (χ1) is 10.2. The molecule has 108 valence electrons. The molecular weight excluding hydrogens is 272 g/mol. The van der Waals surface area contributed by atoms with Gasteiger partial charge in [0.15, 0.2) is 11.5 Å². The molecule has 4 rings (SSSR count). The number of aliphatic hydroxyl groups is 1. The zero-order chi connectivity index (χ0) is 14.4. The number of rotatable bonds is 1. The van der Waals surface area contributed by atoms with E-state index in [0.29, 0.717) is 17.9 Å². The van der Waals surface area contributed by atoms with Gasteiger partial charge in [0.2, 0.25) is 13.1 Å². The van der Waals surface area contributed by atoms with Crippen molar-refractivity contribution < 1.29 is 24.4 Å². The van der Waals surface area contributed by atoms with Crippen LogP contribution in [-0.2, 0) is 6.42 Å². The lowest BCUT2D eigenvalue weighted by molar-refractivity contribution is -0.0481. The molecular formula is C16H14O5. The molecule has 0 bridgehead atoms. The van der Waals surface area contributed by atoms with Crippen LogP contribution in [0.25, 0.3) is 0 Å². The van der Waals surface area contributed by atoms with Crippen LogP contribution in [0, 0.1) is 0 Å². The van der Waals surface area contributed by atoms with Gasteiger partial charge in [-0.05, 0) is 35.7 Å². The van der Waals surface area contributed by atoms with Crippen molar-refractivity contribution in [2.24, 2.45) is 0 Å². The normalized spacial score (nSPS) is 22.5. The maximum atomic E-state index is 10.2. The van der Waals surface area contributed by atoms with Gasteiger partial charge in [-0.3, -0.25) is 0 Å². The van der Waals surface area contributed by atoms with Crippen LogP contribution < -0.4 is 14.2 Å². The second-order valence-electron chi connectivity index (χ2n) is 5.22. The fourth-order valence-corrected chi connectivity index (χ4v) is 2.80. The van der Waals surface area contributed by atoms with Gasteiger partial charge < -0.3 is 24.4 Å². The number of aliphatic hydroxyl groups excluding tert-OH is 1. The molecule has 2 aromatic rings. The summed E-state index contributed by atoms with van der Waals surface area (Å²) in [5.74, 6) is 1.88. The molecule has 2 N–H and O–H groups in total. The minimum atomic E-state index is -0.959. The van der Waals surface area contributed by atoms with E-state index in [1.165, 1.54) is 6.07 Å². The molecule has 0 spiro atoms. The number of aromatic hydroxyl groups is 1. The summed E-state index contributed by atoms with van der Waals surface area (Å²) in [6, 6.07) is 10.6. The molecule has 2 atom stereocenters. The van der Waals surface area contributed by atoms with Crippen LogP contribution in [0.1, 0.15) is 17.0 Å². The van der Waals surface area contributed by atoms with Crippen molar-refractivity contribution in [3.8, 4) is 23.0 Å².